The van der Waals surface area contributed by atoms with Gasteiger partial charge in [-0.15, -0.1) is 23.5 Å². The molecule has 0 aliphatic heterocycles. The smallest absolute Gasteiger partial charge is 0.243 e. The summed E-state index contributed by atoms with van der Waals surface area (Å²) in [7, 11) is 2.87. The van der Waals surface area contributed by atoms with Crippen molar-refractivity contribution in [1.29, 1.82) is 0 Å². The first-order valence-electron chi connectivity index (χ1n) is 8.51. The number of nitrogens with zero attached hydrogens (tertiary/aromatic N) is 1. The fourth-order valence-corrected chi connectivity index (χ4v) is 3.73. The lowest BCUT2D eigenvalue weighted by molar-refractivity contribution is -0.132. The second-order valence-corrected chi connectivity index (χ2v) is 7.69. The van der Waals surface area contributed by atoms with E-state index in [1.807, 2.05) is 12.3 Å². The predicted molar refractivity (Wildman–Crippen MR) is 104 cm³/mol. The van der Waals surface area contributed by atoms with Gasteiger partial charge in [-0.1, -0.05) is 0 Å². The van der Waals surface area contributed by atoms with E-state index in [1.165, 1.54) is 14.2 Å². The number of rotatable bonds is 14. The molecule has 1 rings (SSSR count). The molecule has 0 aliphatic carbocycles. The summed E-state index contributed by atoms with van der Waals surface area (Å²) in [6.07, 6.45) is 6.44. The Hall–Kier alpha value is -1.29. The van der Waals surface area contributed by atoms with E-state index in [9.17, 15) is 9.59 Å². The summed E-state index contributed by atoms with van der Waals surface area (Å²) < 4.78 is 0. The molecule has 7 nitrogen and oxygen atoms in total. The first-order valence-corrected chi connectivity index (χ1v) is 10.5. The molecule has 1 aromatic rings. The second kappa shape index (κ2) is 14.8. The van der Waals surface area contributed by atoms with Crippen molar-refractivity contribution in [2.75, 3.05) is 25.7 Å². The third kappa shape index (κ3) is 11.3. The number of hydrogen-bond acceptors (Lipinski definition) is 7. The first kappa shape index (κ1) is 22.8. The van der Waals surface area contributed by atoms with E-state index in [1.54, 1.807) is 23.5 Å². The van der Waals surface area contributed by atoms with Crippen LogP contribution in [0, 0.1) is 0 Å². The van der Waals surface area contributed by atoms with Crippen LogP contribution in [0.25, 0.3) is 0 Å². The number of amides is 2. The largest absolute Gasteiger partial charge is 0.277 e. The molecule has 0 aromatic carbocycles. The first-order chi connectivity index (χ1) is 12.7. The van der Waals surface area contributed by atoms with Gasteiger partial charge in [-0.25, -0.2) is 15.9 Å². The Morgan fingerprint density at radius 1 is 0.923 bits per heavy atom. The molecule has 0 unspecified atom stereocenters. The quantitative estimate of drug-likeness (QED) is 0.281. The number of carbonyl (C=O) groups excluding carboxylic acids is 2. The Morgan fingerprint density at radius 3 is 2.00 bits per heavy atom. The molecule has 0 aliphatic rings. The molecular formula is C17H27N3O4S2. The molecule has 1 aromatic heterocycles. The van der Waals surface area contributed by atoms with E-state index in [0.717, 1.165) is 47.1 Å². The third-order valence-electron chi connectivity index (χ3n) is 3.26. The van der Waals surface area contributed by atoms with Crippen LogP contribution in [0.4, 0.5) is 0 Å². The van der Waals surface area contributed by atoms with Crippen LogP contribution in [0.15, 0.2) is 28.3 Å². The highest BCUT2D eigenvalue weighted by Crippen LogP contribution is 2.23. The molecule has 0 radical (unpaired) electrons. The molecule has 2 amide bonds. The Bertz CT molecular complexity index is 482. The summed E-state index contributed by atoms with van der Waals surface area (Å²) in [5.41, 5.74) is 4.62. The summed E-state index contributed by atoms with van der Waals surface area (Å²) in [6, 6.07) is 4.10. The molecule has 0 atom stereocenters. The topological polar surface area (TPSA) is 89.5 Å². The summed E-state index contributed by atoms with van der Waals surface area (Å²) in [5, 5.41) is 0.993. The molecule has 26 heavy (non-hydrogen) atoms. The van der Waals surface area contributed by atoms with Gasteiger partial charge in [-0.05, 0) is 49.3 Å². The molecule has 9 heteroatoms. The molecule has 0 bridgehead atoms. The zero-order chi connectivity index (χ0) is 19.0. The molecule has 146 valence electrons. The van der Waals surface area contributed by atoms with Gasteiger partial charge in [0.25, 0.3) is 0 Å². The number of nitrogens with one attached hydrogen (secondary N) is 2. The SMILES string of the molecule is CONC(=O)CCCCSc1ccc(SCCCCC(=O)NOC)nc1. The van der Waals surface area contributed by atoms with Crippen molar-refractivity contribution in [2.24, 2.45) is 0 Å². The van der Waals surface area contributed by atoms with Crippen molar-refractivity contribution in [3.63, 3.8) is 0 Å². The van der Waals surface area contributed by atoms with Crippen LogP contribution in [0.2, 0.25) is 0 Å². The van der Waals surface area contributed by atoms with E-state index < -0.39 is 0 Å². The lowest BCUT2D eigenvalue weighted by Crippen LogP contribution is -2.21. The Labute approximate surface area is 163 Å². The van der Waals surface area contributed by atoms with Gasteiger partial charge < -0.3 is 0 Å². The highest BCUT2D eigenvalue weighted by Gasteiger charge is 2.02. The summed E-state index contributed by atoms with van der Waals surface area (Å²) in [6.45, 7) is 0. The number of carbonyl (C=O) groups is 2. The fourth-order valence-electron chi connectivity index (χ4n) is 2.01. The van der Waals surface area contributed by atoms with E-state index in [-0.39, 0.29) is 11.8 Å². The number of hydrogen-bond donors (Lipinski definition) is 2. The van der Waals surface area contributed by atoms with Crippen molar-refractivity contribution >= 4 is 35.3 Å². The van der Waals surface area contributed by atoms with Gasteiger partial charge in [0.1, 0.15) is 0 Å². The number of hydroxylamine groups is 2. The van der Waals surface area contributed by atoms with Gasteiger partial charge in [-0.3, -0.25) is 19.3 Å². The highest BCUT2D eigenvalue weighted by molar-refractivity contribution is 7.99. The van der Waals surface area contributed by atoms with Gasteiger partial charge in [0.2, 0.25) is 11.8 Å². The Balaban J connectivity index is 2.09. The number of aromatic nitrogens is 1. The standard InChI is InChI=1S/C17H27N3O4S2/c1-23-19-15(21)7-3-5-11-25-14-9-10-17(18-13-14)26-12-6-4-8-16(22)20-24-2/h9-10,13H,3-8,11-12H2,1-2H3,(H,19,21)(H,20,22). The molecular weight excluding hydrogens is 374 g/mol. The van der Waals surface area contributed by atoms with Crippen LogP contribution >= 0.6 is 23.5 Å². The normalized spacial score (nSPS) is 10.5. The summed E-state index contributed by atoms with van der Waals surface area (Å²) in [5.74, 6) is 1.72. The van der Waals surface area contributed by atoms with Crippen LogP contribution in [0.5, 0.6) is 0 Å². The van der Waals surface area contributed by atoms with Crippen molar-refractivity contribution in [3.05, 3.63) is 18.3 Å². The molecule has 0 spiro atoms. The van der Waals surface area contributed by atoms with Gasteiger partial charge in [0.15, 0.2) is 0 Å². The summed E-state index contributed by atoms with van der Waals surface area (Å²) in [4.78, 5) is 37.2. The Morgan fingerprint density at radius 2 is 1.50 bits per heavy atom. The number of pyridine rings is 1. The average molecular weight is 402 g/mol. The van der Waals surface area contributed by atoms with Crippen LogP contribution in [-0.2, 0) is 19.3 Å². The van der Waals surface area contributed by atoms with E-state index in [4.69, 9.17) is 0 Å². The third-order valence-corrected chi connectivity index (χ3v) is 5.35. The molecule has 0 saturated carbocycles. The maximum atomic E-state index is 11.2. The van der Waals surface area contributed by atoms with Gasteiger partial charge >= 0.3 is 0 Å². The molecule has 0 saturated heterocycles. The zero-order valence-corrected chi connectivity index (χ0v) is 16.9. The minimum Gasteiger partial charge on any atom is -0.277 e. The summed E-state index contributed by atoms with van der Waals surface area (Å²) >= 11 is 3.44. The minimum atomic E-state index is -0.0867. The molecule has 1 heterocycles. The van der Waals surface area contributed by atoms with Crippen LogP contribution < -0.4 is 11.0 Å². The highest BCUT2D eigenvalue weighted by atomic mass is 32.2. The van der Waals surface area contributed by atoms with Crippen LogP contribution in [0.3, 0.4) is 0 Å². The Kier molecular flexibility index (Phi) is 13.0. The molecule has 0 fully saturated rings. The van der Waals surface area contributed by atoms with E-state index in [2.05, 4.69) is 31.7 Å². The number of unbranched alkanes of at least 4 members (excludes halogenated alkanes) is 2. The second-order valence-electron chi connectivity index (χ2n) is 5.40. The van der Waals surface area contributed by atoms with Crippen molar-refractivity contribution in [1.82, 2.24) is 15.9 Å². The molecule has 2 N–H and O–H groups in total. The zero-order valence-electron chi connectivity index (χ0n) is 15.3. The van der Waals surface area contributed by atoms with Crippen molar-refractivity contribution in [2.45, 2.75) is 48.4 Å². The lowest BCUT2D eigenvalue weighted by atomic mass is 10.2. The van der Waals surface area contributed by atoms with Crippen LogP contribution in [0.1, 0.15) is 38.5 Å². The van der Waals surface area contributed by atoms with E-state index in [0.29, 0.717) is 12.8 Å². The van der Waals surface area contributed by atoms with Gasteiger partial charge in [0, 0.05) is 23.9 Å². The van der Waals surface area contributed by atoms with Crippen molar-refractivity contribution < 1.29 is 19.3 Å². The van der Waals surface area contributed by atoms with Gasteiger partial charge in [-0.2, -0.15) is 0 Å². The fraction of sp³-hybridized carbons (Fsp3) is 0.588. The van der Waals surface area contributed by atoms with Crippen molar-refractivity contribution in [3.8, 4) is 0 Å². The number of thioether (sulfide) groups is 2. The lowest BCUT2D eigenvalue weighted by Gasteiger charge is -2.05. The monoisotopic (exact) mass is 401 g/mol. The van der Waals surface area contributed by atoms with Crippen LogP contribution in [-0.4, -0.2) is 42.5 Å². The van der Waals surface area contributed by atoms with Gasteiger partial charge in [0.05, 0.1) is 19.2 Å². The maximum Gasteiger partial charge on any atom is 0.243 e. The average Bonchev–Trinajstić information content (AvgIpc) is 2.63. The maximum absolute atomic E-state index is 11.2. The predicted octanol–water partition coefficient (Wildman–Crippen LogP) is 2.96. The minimum absolute atomic E-state index is 0.0835. The van der Waals surface area contributed by atoms with E-state index >= 15 is 0 Å².